The van der Waals surface area contributed by atoms with E-state index < -0.39 is 0 Å². The summed E-state index contributed by atoms with van der Waals surface area (Å²) in [6, 6.07) is 9.26. The van der Waals surface area contributed by atoms with Gasteiger partial charge in [-0.2, -0.15) is 0 Å². The molecule has 0 unspecified atom stereocenters. The van der Waals surface area contributed by atoms with Gasteiger partial charge in [0.05, 0.1) is 0 Å². The molecule has 1 aliphatic rings. The van der Waals surface area contributed by atoms with Gasteiger partial charge < -0.3 is 5.73 Å². The van der Waals surface area contributed by atoms with Crippen molar-refractivity contribution in [2.45, 2.75) is 31.8 Å². The highest BCUT2D eigenvalue weighted by Crippen LogP contribution is 2.31. The molecule has 2 N–H and O–H groups in total. The molecule has 1 saturated heterocycles. The fourth-order valence-electron chi connectivity index (χ4n) is 2.54. The molecule has 1 heterocycles. The lowest BCUT2D eigenvalue weighted by Crippen LogP contribution is -2.32. The largest absolute Gasteiger partial charge is 0.326 e. The lowest BCUT2D eigenvalue weighted by atomic mass is 10.0. The van der Waals surface area contributed by atoms with E-state index in [1.165, 1.54) is 12.0 Å². The number of nitrogens with two attached hydrogens (primary N) is 1. The topological polar surface area (TPSA) is 29.3 Å². The second-order valence-corrected chi connectivity index (χ2v) is 5.40. The van der Waals surface area contributed by atoms with Gasteiger partial charge in [0.25, 0.3) is 0 Å². The quantitative estimate of drug-likeness (QED) is 0.924. The van der Waals surface area contributed by atoms with E-state index in [2.05, 4.69) is 52.0 Å². The van der Waals surface area contributed by atoms with E-state index in [1.54, 1.807) is 0 Å². The van der Waals surface area contributed by atoms with Crippen molar-refractivity contribution in [1.29, 1.82) is 0 Å². The summed E-state index contributed by atoms with van der Waals surface area (Å²) in [5.41, 5.74) is 7.57. The summed E-state index contributed by atoms with van der Waals surface area (Å²) in [6.45, 7) is 4.51. The first-order valence-electron chi connectivity index (χ1n) is 5.97. The third-order valence-corrected chi connectivity index (χ3v) is 3.80. The van der Waals surface area contributed by atoms with Crippen molar-refractivity contribution in [2.75, 3.05) is 13.1 Å². The van der Waals surface area contributed by atoms with Crippen LogP contribution in [0.25, 0.3) is 0 Å². The zero-order valence-electron chi connectivity index (χ0n) is 9.70. The normalized spacial score (nSPS) is 26.2. The molecule has 1 fully saturated rings. The van der Waals surface area contributed by atoms with Crippen LogP contribution in [0.4, 0.5) is 0 Å². The maximum atomic E-state index is 6.22. The highest BCUT2D eigenvalue weighted by atomic mass is 79.9. The van der Waals surface area contributed by atoms with Crippen LogP contribution >= 0.6 is 15.9 Å². The average molecular weight is 283 g/mol. The van der Waals surface area contributed by atoms with E-state index >= 15 is 0 Å². The van der Waals surface area contributed by atoms with Gasteiger partial charge in [0.2, 0.25) is 0 Å². The van der Waals surface area contributed by atoms with E-state index in [1.807, 2.05) is 0 Å². The van der Waals surface area contributed by atoms with E-state index in [0.29, 0.717) is 6.04 Å². The monoisotopic (exact) mass is 282 g/mol. The average Bonchev–Trinajstić information content (AvgIpc) is 2.62. The summed E-state index contributed by atoms with van der Waals surface area (Å²) in [5, 5.41) is 0. The Morgan fingerprint density at radius 1 is 1.38 bits per heavy atom. The summed E-state index contributed by atoms with van der Waals surface area (Å²) in [5.74, 6) is 0. The molecule has 88 valence electrons. The minimum atomic E-state index is 0.285. The molecule has 2 atom stereocenters. The van der Waals surface area contributed by atoms with Crippen LogP contribution in [0.3, 0.4) is 0 Å². The Bertz CT molecular complexity index is 334. The van der Waals surface area contributed by atoms with Gasteiger partial charge in [-0.15, -0.1) is 0 Å². The fraction of sp³-hybridized carbons (Fsp3) is 0.538. The molecule has 2 nitrogen and oxygen atoms in total. The minimum absolute atomic E-state index is 0.285. The zero-order valence-corrected chi connectivity index (χ0v) is 11.3. The summed E-state index contributed by atoms with van der Waals surface area (Å²) in [6.07, 6.45) is 2.31. The number of hydrogen-bond donors (Lipinski definition) is 1. The molecule has 0 spiro atoms. The zero-order chi connectivity index (χ0) is 11.5. The van der Waals surface area contributed by atoms with Crippen LogP contribution in [0, 0.1) is 0 Å². The molecule has 0 radical (unpaired) electrons. The van der Waals surface area contributed by atoms with Gasteiger partial charge in [-0.05, 0) is 37.1 Å². The van der Waals surface area contributed by atoms with Gasteiger partial charge in [-0.3, -0.25) is 4.90 Å². The Balaban J connectivity index is 2.19. The second kappa shape index (κ2) is 5.30. The SMILES string of the molecule is CCCN1CC[C@@H](N)[C@@H]1c1ccc(Br)cc1. The number of halogens is 1. The van der Waals surface area contributed by atoms with Crippen LogP contribution < -0.4 is 5.73 Å². The maximum absolute atomic E-state index is 6.22. The van der Waals surface area contributed by atoms with Gasteiger partial charge in [0, 0.05) is 23.1 Å². The highest BCUT2D eigenvalue weighted by Gasteiger charge is 2.31. The van der Waals surface area contributed by atoms with Crippen LogP contribution in [0.5, 0.6) is 0 Å². The molecule has 2 rings (SSSR count). The Morgan fingerprint density at radius 3 is 2.69 bits per heavy atom. The Hall–Kier alpha value is -0.380. The number of likely N-dealkylation sites (tertiary alicyclic amines) is 1. The first-order valence-corrected chi connectivity index (χ1v) is 6.76. The molecule has 0 saturated carbocycles. The number of nitrogens with zero attached hydrogens (tertiary/aromatic N) is 1. The molecule has 1 aromatic rings. The van der Waals surface area contributed by atoms with E-state index in [-0.39, 0.29) is 6.04 Å². The van der Waals surface area contributed by atoms with E-state index in [4.69, 9.17) is 5.73 Å². The summed E-state index contributed by atoms with van der Waals surface area (Å²) < 4.78 is 1.13. The number of benzene rings is 1. The lowest BCUT2D eigenvalue weighted by molar-refractivity contribution is 0.248. The van der Waals surface area contributed by atoms with Crippen molar-refractivity contribution in [3.8, 4) is 0 Å². The molecule has 0 aromatic heterocycles. The van der Waals surface area contributed by atoms with Crippen molar-refractivity contribution in [1.82, 2.24) is 4.90 Å². The van der Waals surface area contributed by atoms with Crippen molar-refractivity contribution >= 4 is 15.9 Å². The summed E-state index contributed by atoms with van der Waals surface area (Å²) in [4.78, 5) is 2.51. The second-order valence-electron chi connectivity index (χ2n) is 4.48. The Labute approximate surface area is 106 Å². The van der Waals surface area contributed by atoms with Gasteiger partial charge in [0.15, 0.2) is 0 Å². The minimum Gasteiger partial charge on any atom is -0.326 e. The van der Waals surface area contributed by atoms with Crippen LogP contribution in [0.15, 0.2) is 28.7 Å². The van der Waals surface area contributed by atoms with Gasteiger partial charge >= 0.3 is 0 Å². The van der Waals surface area contributed by atoms with E-state index in [9.17, 15) is 0 Å². The lowest BCUT2D eigenvalue weighted by Gasteiger charge is -2.26. The first-order chi connectivity index (χ1) is 7.72. The van der Waals surface area contributed by atoms with Gasteiger partial charge in [0.1, 0.15) is 0 Å². The highest BCUT2D eigenvalue weighted by molar-refractivity contribution is 9.10. The molecule has 0 aliphatic carbocycles. The van der Waals surface area contributed by atoms with Crippen LogP contribution in [-0.4, -0.2) is 24.0 Å². The molecule has 0 amide bonds. The summed E-state index contributed by atoms with van der Waals surface area (Å²) >= 11 is 3.47. The van der Waals surface area contributed by atoms with Gasteiger partial charge in [-0.25, -0.2) is 0 Å². The summed E-state index contributed by atoms with van der Waals surface area (Å²) in [7, 11) is 0. The Morgan fingerprint density at radius 2 is 2.06 bits per heavy atom. The standard InChI is InChI=1S/C13H19BrN2/c1-2-8-16-9-7-12(15)13(16)10-3-5-11(14)6-4-10/h3-6,12-13H,2,7-9,15H2,1H3/t12-,13+/m1/s1. The Kier molecular flexibility index (Phi) is 4.00. The van der Waals surface area contributed by atoms with Crippen LogP contribution in [-0.2, 0) is 0 Å². The molecule has 3 heteroatoms. The molecule has 16 heavy (non-hydrogen) atoms. The van der Waals surface area contributed by atoms with E-state index in [0.717, 1.165) is 24.0 Å². The molecular weight excluding hydrogens is 264 g/mol. The van der Waals surface area contributed by atoms with Crippen LogP contribution in [0.2, 0.25) is 0 Å². The third-order valence-electron chi connectivity index (χ3n) is 3.27. The first kappa shape index (κ1) is 12.1. The van der Waals surface area contributed by atoms with Gasteiger partial charge in [-0.1, -0.05) is 35.0 Å². The molecule has 0 bridgehead atoms. The van der Waals surface area contributed by atoms with Crippen molar-refractivity contribution in [3.05, 3.63) is 34.3 Å². The molecule has 1 aliphatic heterocycles. The van der Waals surface area contributed by atoms with Crippen molar-refractivity contribution in [3.63, 3.8) is 0 Å². The molecular formula is C13H19BrN2. The van der Waals surface area contributed by atoms with Crippen molar-refractivity contribution in [2.24, 2.45) is 5.73 Å². The third kappa shape index (κ3) is 2.47. The predicted octanol–water partition coefficient (Wildman–Crippen LogP) is 2.93. The fourth-order valence-corrected chi connectivity index (χ4v) is 2.80. The maximum Gasteiger partial charge on any atom is 0.0499 e. The molecule has 1 aromatic carbocycles. The number of rotatable bonds is 3. The predicted molar refractivity (Wildman–Crippen MR) is 71.3 cm³/mol. The number of hydrogen-bond acceptors (Lipinski definition) is 2. The van der Waals surface area contributed by atoms with Crippen molar-refractivity contribution < 1.29 is 0 Å². The smallest absolute Gasteiger partial charge is 0.0499 e. The van der Waals surface area contributed by atoms with Crippen LogP contribution in [0.1, 0.15) is 31.4 Å².